The Hall–Kier alpha value is -0.990. The van der Waals surface area contributed by atoms with Crippen LogP contribution in [0, 0.1) is 0 Å². The van der Waals surface area contributed by atoms with Gasteiger partial charge in [-0.3, -0.25) is 4.99 Å². The molecule has 1 aliphatic rings. The Labute approximate surface area is 80.3 Å². The van der Waals surface area contributed by atoms with E-state index in [0.29, 0.717) is 5.96 Å². The summed E-state index contributed by atoms with van der Waals surface area (Å²) in [5.41, 5.74) is 5.92. The molecule has 0 bridgehead atoms. The van der Waals surface area contributed by atoms with Gasteiger partial charge in [0.1, 0.15) is 0 Å². The minimum atomic E-state index is 0.118. The molecule has 2 N–H and O–H groups in total. The van der Waals surface area contributed by atoms with Gasteiger partial charge in [-0.15, -0.1) is 6.58 Å². The Morgan fingerprint density at radius 1 is 1.77 bits per heavy atom. The highest BCUT2D eigenvalue weighted by atomic mass is 15.3. The Morgan fingerprint density at radius 2 is 2.46 bits per heavy atom. The molecule has 0 spiro atoms. The highest BCUT2D eigenvalue weighted by Crippen LogP contribution is 2.25. The van der Waals surface area contributed by atoms with Crippen LogP contribution in [0.5, 0.6) is 0 Å². The van der Waals surface area contributed by atoms with Gasteiger partial charge in [0, 0.05) is 6.54 Å². The molecule has 0 aromatic heterocycles. The molecule has 1 rings (SSSR count). The first-order chi connectivity index (χ1) is 6.14. The third-order valence-electron chi connectivity index (χ3n) is 2.61. The second-order valence-electron chi connectivity index (χ2n) is 3.82. The van der Waals surface area contributed by atoms with Crippen LogP contribution in [0.3, 0.4) is 0 Å². The van der Waals surface area contributed by atoms with Crippen LogP contribution < -0.4 is 5.73 Å². The molecule has 0 radical (unpaired) electrons. The molecule has 3 heteroatoms. The number of guanidine groups is 1. The van der Waals surface area contributed by atoms with Crippen molar-refractivity contribution in [2.24, 2.45) is 10.7 Å². The van der Waals surface area contributed by atoms with Gasteiger partial charge in [-0.2, -0.15) is 0 Å². The van der Waals surface area contributed by atoms with Crippen molar-refractivity contribution in [3.05, 3.63) is 12.7 Å². The lowest BCUT2D eigenvalue weighted by Crippen LogP contribution is -2.49. The van der Waals surface area contributed by atoms with Crippen molar-refractivity contribution in [1.29, 1.82) is 0 Å². The number of aliphatic imine (C=N–C) groups is 1. The molecule has 1 atom stereocenters. The highest BCUT2D eigenvalue weighted by Gasteiger charge is 2.35. The Kier molecular flexibility index (Phi) is 2.96. The maximum Gasteiger partial charge on any atom is 0.192 e. The summed E-state index contributed by atoms with van der Waals surface area (Å²) in [6.07, 6.45) is 4.17. The zero-order chi connectivity index (χ0) is 9.90. The largest absolute Gasteiger partial charge is 0.370 e. The van der Waals surface area contributed by atoms with Crippen LogP contribution >= 0.6 is 0 Å². The highest BCUT2D eigenvalue weighted by molar-refractivity contribution is 5.81. The summed E-state index contributed by atoms with van der Waals surface area (Å²) < 4.78 is 0. The van der Waals surface area contributed by atoms with Crippen LogP contribution in [0.2, 0.25) is 0 Å². The zero-order valence-electron chi connectivity index (χ0n) is 8.58. The quantitative estimate of drug-likeness (QED) is 0.665. The molecule has 0 saturated heterocycles. The maximum absolute atomic E-state index is 5.80. The van der Waals surface area contributed by atoms with Crippen LogP contribution in [-0.4, -0.2) is 29.5 Å². The molecule has 0 aliphatic carbocycles. The average Bonchev–Trinajstić information content (AvgIpc) is 2.34. The van der Waals surface area contributed by atoms with Gasteiger partial charge in [0.15, 0.2) is 5.96 Å². The molecule has 0 fully saturated rings. The first-order valence-corrected chi connectivity index (χ1v) is 4.82. The van der Waals surface area contributed by atoms with Gasteiger partial charge in [0.25, 0.3) is 0 Å². The third kappa shape index (κ3) is 1.85. The topological polar surface area (TPSA) is 41.6 Å². The lowest BCUT2D eigenvalue weighted by molar-refractivity contribution is 0.223. The summed E-state index contributed by atoms with van der Waals surface area (Å²) in [5.74, 6) is 0.663. The Bertz CT molecular complexity index is 222. The number of nitrogens with zero attached hydrogens (tertiary/aromatic N) is 2. The number of hydrogen-bond donors (Lipinski definition) is 1. The fourth-order valence-corrected chi connectivity index (χ4v) is 1.89. The van der Waals surface area contributed by atoms with E-state index >= 15 is 0 Å². The molecule has 0 aromatic rings. The zero-order valence-corrected chi connectivity index (χ0v) is 8.58. The van der Waals surface area contributed by atoms with Gasteiger partial charge in [0.05, 0.1) is 12.1 Å². The predicted octanol–water partition coefficient (Wildman–Crippen LogP) is 1.36. The maximum atomic E-state index is 5.80. The minimum Gasteiger partial charge on any atom is -0.370 e. The van der Waals surface area contributed by atoms with Crippen molar-refractivity contribution in [3.63, 3.8) is 0 Å². The van der Waals surface area contributed by atoms with Crippen LogP contribution in [-0.2, 0) is 0 Å². The first-order valence-electron chi connectivity index (χ1n) is 4.82. The molecular weight excluding hydrogens is 162 g/mol. The number of nitrogens with two attached hydrogens (primary N) is 1. The molecule has 0 amide bonds. The van der Waals surface area contributed by atoms with Crippen LogP contribution in [0.25, 0.3) is 0 Å². The van der Waals surface area contributed by atoms with E-state index in [1.165, 1.54) is 0 Å². The minimum absolute atomic E-state index is 0.118. The van der Waals surface area contributed by atoms with Crippen molar-refractivity contribution >= 4 is 5.96 Å². The van der Waals surface area contributed by atoms with Crippen molar-refractivity contribution in [2.45, 2.75) is 32.2 Å². The third-order valence-corrected chi connectivity index (χ3v) is 2.61. The van der Waals surface area contributed by atoms with E-state index in [2.05, 4.69) is 30.3 Å². The molecule has 13 heavy (non-hydrogen) atoms. The second kappa shape index (κ2) is 3.81. The van der Waals surface area contributed by atoms with E-state index in [1.807, 2.05) is 6.08 Å². The van der Waals surface area contributed by atoms with Gasteiger partial charge in [-0.05, 0) is 13.3 Å². The average molecular weight is 181 g/mol. The molecule has 74 valence electrons. The van der Waals surface area contributed by atoms with Crippen LogP contribution in [0.1, 0.15) is 26.7 Å². The molecule has 1 heterocycles. The standard InChI is InChI=1S/C10H19N3/c1-4-6-10(3)8-12-9(11)13(10)7-5-2/h5H,2,4,6-8H2,1,3H3,(H2,11,12). The summed E-state index contributed by atoms with van der Waals surface area (Å²) in [7, 11) is 0. The molecule has 0 aromatic carbocycles. The normalized spacial score (nSPS) is 27.5. The van der Waals surface area contributed by atoms with E-state index in [4.69, 9.17) is 5.73 Å². The fraction of sp³-hybridized carbons (Fsp3) is 0.700. The Balaban J connectivity index is 2.72. The molecule has 0 saturated carbocycles. The SMILES string of the molecule is C=CCN1C(N)=NCC1(C)CCC. The van der Waals surface area contributed by atoms with E-state index in [1.54, 1.807) is 0 Å². The Morgan fingerprint density at radius 3 is 3.00 bits per heavy atom. The number of hydrogen-bond acceptors (Lipinski definition) is 3. The van der Waals surface area contributed by atoms with Crippen molar-refractivity contribution in [2.75, 3.05) is 13.1 Å². The van der Waals surface area contributed by atoms with E-state index in [0.717, 1.165) is 25.9 Å². The van der Waals surface area contributed by atoms with Gasteiger partial charge in [-0.25, -0.2) is 0 Å². The van der Waals surface area contributed by atoms with Crippen molar-refractivity contribution in [3.8, 4) is 0 Å². The monoisotopic (exact) mass is 181 g/mol. The molecule has 3 nitrogen and oxygen atoms in total. The molecule has 1 unspecified atom stereocenters. The summed E-state index contributed by atoms with van der Waals surface area (Å²) in [5, 5.41) is 0. The molecular formula is C10H19N3. The summed E-state index contributed by atoms with van der Waals surface area (Å²) in [4.78, 5) is 6.42. The van der Waals surface area contributed by atoms with Crippen molar-refractivity contribution in [1.82, 2.24) is 4.90 Å². The number of rotatable bonds is 4. The smallest absolute Gasteiger partial charge is 0.192 e. The summed E-state index contributed by atoms with van der Waals surface area (Å²) in [6, 6.07) is 0. The van der Waals surface area contributed by atoms with Crippen LogP contribution in [0.15, 0.2) is 17.6 Å². The first kappa shape index (κ1) is 10.1. The van der Waals surface area contributed by atoms with Crippen LogP contribution in [0.4, 0.5) is 0 Å². The fourth-order valence-electron chi connectivity index (χ4n) is 1.89. The van der Waals surface area contributed by atoms with Gasteiger partial charge >= 0.3 is 0 Å². The van der Waals surface area contributed by atoms with E-state index in [9.17, 15) is 0 Å². The van der Waals surface area contributed by atoms with Gasteiger partial charge in [0.2, 0.25) is 0 Å². The van der Waals surface area contributed by atoms with E-state index < -0.39 is 0 Å². The predicted molar refractivity (Wildman–Crippen MR) is 56.7 cm³/mol. The summed E-state index contributed by atoms with van der Waals surface area (Å²) >= 11 is 0. The van der Waals surface area contributed by atoms with Gasteiger partial charge < -0.3 is 10.6 Å². The van der Waals surface area contributed by atoms with Gasteiger partial charge in [-0.1, -0.05) is 19.4 Å². The molecule has 1 aliphatic heterocycles. The second-order valence-corrected chi connectivity index (χ2v) is 3.82. The lowest BCUT2D eigenvalue weighted by atomic mass is 9.95. The summed E-state index contributed by atoms with van der Waals surface area (Å²) in [6.45, 7) is 9.75. The van der Waals surface area contributed by atoms with E-state index in [-0.39, 0.29) is 5.54 Å². The lowest BCUT2D eigenvalue weighted by Gasteiger charge is -2.35. The van der Waals surface area contributed by atoms with Crippen molar-refractivity contribution < 1.29 is 0 Å².